The van der Waals surface area contributed by atoms with E-state index in [1.54, 1.807) is 7.11 Å². The van der Waals surface area contributed by atoms with Crippen LogP contribution in [0.3, 0.4) is 0 Å². The molecule has 0 spiro atoms. The minimum Gasteiger partial charge on any atom is -0.478 e. The number of ether oxygens (including phenoxy) is 2. The molecule has 0 aromatic heterocycles. The largest absolute Gasteiger partial charge is 0.478 e. The first-order chi connectivity index (χ1) is 14.4. The van der Waals surface area contributed by atoms with Crippen molar-refractivity contribution in [3.63, 3.8) is 0 Å². The lowest BCUT2D eigenvalue weighted by atomic mass is 9.69. The Morgan fingerprint density at radius 2 is 2.10 bits per heavy atom. The number of morpholine rings is 1. The fourth-order valence-electron chi connectivity index (χ4n) is 6.44. The molecule has 2 saturated heterocycles. The fourth-order valence-corrected chi connectivity index (χ4v) is 6.44. The molecule has 8 nitrogen and oxygen atoms in total. The number of fused-ring (bicyclic) bond motifs is 2. The Labute approximate surface area is 175 Å². The predicted molar refractivity (Wildman–Crippen MR) is 104 cm³/mol. The van der Waals surface area contributed by atoms with Gasteiger partial charge in [-0.3, -0.25) is 9.69 Å². The maximum atomic E-state index is 15.5. The van der Waals surface area contributed by atoms with Gasteiger partial charge in [-0.05, 0) is 25.7 Å². The van der Waals surface area contributed by atoms with Gasteiger partial charge in [0.1, 0.15) is 11.7 Å². The number of nitrogens with zero attached hydrogens (tertiary/aromatic N) is 2. The number of likely N-dealkylation sites (tertiary alicyclic amines) is 1. The van der Waals surface area contributed by atoms with E-state index >= 15 is 4.39 Å². The number of methoxy groups -OCH3 is 1. The molecule has 0 bridgehead atoms. The second-order valence-corrected chi connectivity index (χ2v) is 9.42. The Kier molecular flexibility index (Phi) is 5.12. The summed E-state index contributed by atoms with van der Waals surface area (Å²) in [6.45, 7) is 1.32. The topological polar surface area (TPSA) is 105 Å². The minimum absolute atomic E-state index is 0.0152. The van der Waals surface area contributed by atoms with Crippen molar-refractivity contribution in [2.45, 2.75) is 80.8 Å². The van der Waals surface area contributed by atoms with E-state index in [1.807, 2.05) is 4.90 Å². The smallest absolute Gasteiger partial charge is 0.340 e. The van der Waals surface area contributed by atoms with E-state index in [1.165, 1.54) is 6.20 Å². The lowest BCUT2D eigenvalue weighted by molar-refractivity contribution is -0.218. The van der Waals surface area contributed by atoms with Crippen molar-refractivity contribution in [1.29, 1.82) is 0 Å². The Hall–Kier alpha value is -1.55. The van der Waals surface area contributed by atoms with Crippen LogP contribution in [-0.2, 0) is 19.1 Å². The molecule has 166 valence electrons. The van der Waals surface area contributed by atoms with E-state index in [-0.39, 0.29) is 42.3 Å². The van der Waals surface area contributed by atoms with E-state index in [9.17, 15) is 14.7 Å². The number of carboxylic acids is 1. The van der Waals surface area contributed by atoms with Gasteiger partial charge in [0, 0.05) is 44.8 Å². The summed E-state index contributed by atoms with van der Waals surface area (Å²) in [4.78, 5) is 28.8. The number of halogens is 1. The molecule has 9 heteroatoms. The molecule has 0 aromatic carbocycles. The van der Waals surface area contributed by atoms with E-state index in [0.29, 0.717) is 19.5 Å². The summed E-state index contributed by atoms with van der Waals surface area (Å²) < 4.78 is 27.6. The quantitative estimate of drug-likeness (QED) is 0.625. The van der Waals surface area contributed by atoms with Crippen LogP contribution in [0.15, 0.2) is 11.8 Å². The van der Waals surface area contributed by atoms with E-state index in [0.717, 1.165) is 19.3 Å². The second-order valence-electron chi connectivity index (χ2n) is 9.42. The average Bonchev–Trinajstić information content (AvgIpc) is 3.14. The van der Waals surface area contributed by atoms with Gasteiger partial charge in [-0.2, -0.15) is 0 Å². The molecule has 9 atom stereocenters. The molecule has 2 saturated carbocycles. The standard InChI is InChI=1S/C21H30FN3O5/c1-29-11-2-3-15-16(6-11)30-20-17-12(19(26)13(21(27)28)9-25(15)17)7-14(22)18(20)24-5-4-10(23)8-24/h9-12,14-18,20H,2-8,23H2,1H3,(H,27,28). The number of alkyl halides is 1. The number of aliphatic carboxylic acids is 1. The van der Waals surface area contributed by atoms with Crippen LogP contribution in [0, 0.1) is 5.92 Å². The zero-order valence-electron chi connectivity index (χ0n) is 17.2. The van der Waals surface area contributed by atoms with Gasteiger partial charge in [0.15, 0.2) is 5.78 Å². The first-order valence-corrected chi connectivity index (χ1v) is 11.0. The molecule has 0 aromatic rings. The molecule has 0 amide bonds. The van der Waals surface area contributed by atoms with E-state index in [2.05, 4.69) is 4.90 Å². The van der Waals surface area contributed by atoms with Crippen molar-refractivity contribution < 1.29 is 28.6 Å². The zero-order chi connectivity index (χ0) is 21.2. The Balaban J connectivity index is 1.54. The summed E-state index contributed by atoms with van der Waals surface area (Å²) in [6, 6.07) is -0.824. The summed E-state index contributed by atoms with van der Waals surface area (Å²) in [5.41, 5.74) is 5.85. The van der Waals surface area contributed by atoms with Gasteiger partial charge in [0.25, 0.3) is 0 Å². The molecule has 2 aliphatic carbocycles. The van der Waals surface area contributed by atoms with E-state index in [4.69, 9.17) is 15.2 Å². The molecule has 3 aliphatic heterocycles. The van der Waals surface area contributed by atoms with Gasteiger partial charge >= 0.3 is 5.97 Å². The highest BCUT2D eigenvalue weighted by atomic mass is 19.1. The molecule has 3 heterocycles. The summed E-state index contributed by atoms with van der Waals surface area (Å²) in [6.07, 6.45) is 2.78. The van der Waals surface area contributed by atoms with Gasteiger partial charge in [0.05, 0.1) is 36.4 Å². The van der Waals surface area contributed by atoms with Gasteiger partial charge < -0.3 is 25.2 Å². The summed E-state index contributed by atoms with van der Waals surface area (Å²) >= 11 is 0. The number of carbonyl (C=O) groups is 2. The molecule has 9 unspecified atom stereocenters. The van der Waals surface area contributed by atoms with Crippen LogP contribution in [0.2, 0.25) is 0 Å². The highest BCUT2D eigenvalue weighted by molar-refractivity contribution is 6.18. The van der Waals surface area contributed by atoms with Crippen LogP contribution in [-0.4, -0.2) is 95.5 Å². The molecule has 5 aliphatic rings. The number of carbonyl (C=O) groups excluding carboxylic acids is 1. The van der Waals surface area contributed by atoms with Gasteiger partial charge in [0.2, 0.25) is 0 Å². The molecule has 0 radical (unpaired) electrons. The number of ketones is 1. The van der Waals surface area contributed by atoms with Crippen molar-refractivity contribution in [3.05, 3.63) is 11.8 Å². The highest BCUT2D eigenvalue weighted by Gasteiger charge is 2.60. The van der Waals surface area contributed by atoms with Crippen LogP contribution in [0.1, 0.15) is 32.1 Å². The maximum Gasteiger partial charge on any atom is 0.340 e. The van der Waals surface area contributed by atoms with Crippen molar-refractivity contribution in [2.24, 2.45) is 11.7 Å². The second kappa shape index (κ2) is 7.55. The Morgan fingerprint density at radius 1 is 1.30 bits per heavy atom. The average molecular weight is 423 g/mol. The maximum absolute atomic E-state index is 15.5. The van der Waals surface area contributed by atoms with E-state index < -0.39 is 36.0 Å². The monoisotopic (exact) mass is 423 g/mol. The van der Waals surface area contributed by atoms with Crippen molar-refractivity contribution in [2.75, 3.05) is 20.2 Å². The molecule has 3 N–H and O–H groups in total. The fraction of sp³-hybridized carbons (Fsp3) is 0.810. The summed E-state index contributed by atoms with van der Waals surface area (Å²) in [5.74, 6) is -2.41. The first-order valence-electron chi connectivity index (χ1n) is 11.0. The minimum atomic E-state index is -1.26. The zero-order valence-corrected chi connectivity index (χ0v) is 17.2. The van der Waals surface area contributed by atoms with Gasteiger partial charge in [-0.15, -0.1) is 0 Å². The number of Topliss-reactive ketones (excluding diaryl/α,β-unsaturated/α-hetero) is 1. The third-order valence-corrected chi connectivity index (χ3v) is 7.82. The number of hydrogen-bond donors (Lipinski definition) is 2. The third kappa shape index (κ3) is 3.09. The number of rotatable bonds is 3. The van der Waals surface area contributed by atoms with Crippen molar-refractivity contribution >= 4 is 11.8 Å². The normalized spacial score (nSPS) is 46.2. The SMILES string of the molecule is COC1CCC2C(C1)OC1C(N3CCC(N)C3)C(F)CC3C(=O)C(C(=O)O)=CN2C31. The summed E-state index contributed by atoms with van der Waals surface area (Å²) in [7, 11) is 1.68. The number of carboxylic acid groups (broad SMARTS) is 1. The van der Waals surface area contributed by atoms with Gasteiger partial charge in [-0.1, -0.05) is 0 Å². The van der Waals surface area contributed by atoms with Crippen molar-refractivity contribution in [3.8, 4) is 0 Å². The molecule has 30 heavy (non-hydrogen) atoms. The molecule has 5 rings (SSSR count). The summed E-state index contributed by atoms with van der Waals surface area (Å²) in [5, 5.41) is 9.61. The third-order valence-electron chi connectivity index (χ3n) is 7.82. The van der Waals surface area contributed by atoms with Crippen LogP contribution in [0.5, 0.6) is 0 Å². The van der Waals surface area contributed by atoms with Crippen LogP contribution < -0.4 is 5.73 Å². The first kappa shape index (κ1) is 20.4. The van der Waals surface area contributed by atoms with Crippen LogP contribution >= 0.6 is 0 Å². The van der Waals surface area contributed by atoms with Crippen LogP contribution in [0.4, 0.5) is 4.39 Å². The number of hydrogen-bond acceptors (Lipinski definition) is 7. The lowest BCUT2D eigenvalue weighted by Crippen LogP contribution is -2.73. The Morgan fingerprint density at radius 3 is 2.77 bits per heavy atom. The van der Waals surface area contributed by atoms with Crippen molar-refractivity contribution in [1.82, 2.24) is 9.80 Å². The van der Waals surface area contributed by atoms with Crippen LogP contribution in [0.25, 0.3) is 0 Å². The predicted octanol–water partition coefficient (Wildman–Crippen LogP) is 0.303. The molecular formula is C21H30FN3O5. The lowest BCUT2D eigenvalue weighted by Gasteiger charge is -2.60. The Bertz CT molecular complexity index is 763. The highest BCUT2D eigenvalue weighted by Crippen LogP contribution is 2.47. The molecular weight excluding hydrogens is 393 g/mol. The number of nitrogens with two attached hydrogens (primary N) is 1. The molecule has 4 fully saturated rings. The van der Waals surface area contributed by atoms with Gasteiger partial charge in [-0.25, -0.2) is 9.18 Å².